The first-order valence-electron chi connectivity index (χ1n) is 35.6. The quantitative estimate of drug-likeness (QED) is 0.0261. The van der Waals surface area contributed by atoms with Crippen LogP contribution in [0.4, 0.5) is 0 Å². The van der Waals surface area contributed by atoms with Crippen molar-refractivity contribution in [1.29, 1.82) is 0 Å². The lowest BCUT2D eigenvalue weighted by molar-refractivity contribution is -0.167. The van der Waals surface area contributed by atoms with E-state index in [4.69, 9.17) is 14.2 Å². The van der Waals surface area contributed by atoms with Gasteiger partial charge in [0.2, 0.25) is 0 Å². The number of unbranched alkanes of at least 4 members (excludes halogenated alkanes) is 40. The van der Waals surface area contributed by atoms with E-state index >= 15 is 0 Å². The van der Waals surface area contributed by atoms with Gasteiger partial charge in [0, 0.05) is 19.3 Å². The van der Waals surface area contributed by atoms with Gasteiger partial charge in [-0.3, -0.25) is 14.4 Å². The maximum absolute atomic E-state index is 12.9. The van der Waals surface area contributed by atoms with E-state index in [0.717, 1.165) is 122 Å². The van der Waals surface area contributed by atoms with E-state index in [1.54, 1.807) is 0 Å². The Bertz CT molecular complexity index is 1550. The van der Waals surface area contributed by atoms with Crippen LogP contribution >= 0.6 is 0 Å². The maximum atomic E-state index is 12.9. The van der Waals surface area contributed by atoms with Gasteiger partial charge in [0.15, 0.2) is 6.10 Å². The van der Waals surface area contributed by atoms with Crippen molar-refractivity contribution in [3.63, 3.8) is 0 Å². The molecule has 0 aliphatic rings. The first kappa shape index (κ1) is 78.6. The molecule has 1 unspecified atom stereocenters. The summed E-state index contributed by atoms with van der Waals surface area (Å²) in [5.41, 5.74) is 0. The molecule has 0 saturated heterocycles. The van der Waals surface area contributed by atoms with Crippen LogP contribution in [0.1, 0.15) is 361 Å². The summed E-state index contributed by atoms with van der Waals surface area (Å²) < 4.78 is 16.9. The predicted octanol–water partition coefficient (Wildman–Crippen LogP) is 24.6. The lowest BCUT2D eigenvalue weighted by Gasteiger charge is -2.18. The van der Waals surface area contributed by atoms with E-state index in [0.29, 0.717) is 19.3 Å². The van der Waals surface area contributed by atoms with Crippen molar-refractivity contribution in [2.24, 2.45) is 0 Å². The molecule has 0 heterocycles. The van der Waals surface area contributed by atoms with Crippen LogP contribution in [0.5, 0.6) is 0 Å². The van der Waals surface area contributed by atoms with E-state index in [-0.39, 0.29) is 31.1 Å². The molecule has 0 rings (SSSR count). The Morgan fingerprint density at radius 1 is 0.256 bits per heavy atom. The van der Waals surface area contributed by atoms with Gasteiger partial charge >= 0.3 is 17.9 Å². The fraction of sp³-hybridized carbons (Fsp3) is 0.776. The van der Waals surface area contributed by atoms with Gasteiger partial charge in [-0.15, -0.1) is 0 Å². The van der Waals surface area contributed by atoms with Crippen LogP contribution in [0.15, 0.2) is 85.1 Å². The Morgan fingerprint density at radius 3 is 0.756 bits per heavy atom. The third-order valence-corrected chi connectivity index (χ3v) is 15.6. The summed E-state index contributed by atoms with van der Waals surface area (Å²) >= 11 is 0. The van der Waals surface area contributed by atoms with Gasteiger partial charge in [-0.1, -0.05) is 337 Å². The van der Waals surface area contributed by atoms with Gasteiger partial charge in [-0.2, -0.15) is 0 Å². The van der Waals surface area contributed by atoms with E-state index in [1.165, 1.54) is 199 Å². The normalized spacial score (nSPS) is 12.6. The first-order valence-corrected chi connectivity index (χ1v) is 35.6. The van der Waals surface area contributed by atoms with Gasteiger partial charge in [-0.25, -0.2) is 0 Å². The first-order chi connectivity index (χ1) is 40.5. The number of rotatable bonds is 65. The Hall–Kier alpha value is -3.41. The largest absolute Gasteiger partial charge is 0.462 e. The van der Waals surface area contributed by atoms with Crippen LogP contribution in [0.2, 0.25) is 0 Å². The maximum Gasteiger partial charge on any atom is 0.306 e. The fourth-order valence-electron chi connectivity index (χ4n) is 10.4. The average Bonchev–Trinajstić information content (AvgIpc) is 3.47. The molecular formula is C76H134O6. The minimum atomic E-state index is -0.802. The minimum absolute atomic E-state index is 0.0939. The molecule has 0 aromatic rings. The minimum Gasteiger partial charge on any atom is -0.462 e. The molecule has 82 heavy (non-hydrogen) atoms. The summed E-state index contributed by atoms with van der Waals surface area (Å²) in [6, 6.07) is 0. The molecule has 0 amide bonds. The second-order valence-electron chi connectivity index (χ2n) is 23.7. The number of allylic oxidation sites excluding steroid dienone is 14. The molecule has 0 fully saturated rings. The molecule has 0 aliphatic heterocycles. The standard InChI is InChI=1S/C76H134O6/c1-4-7-10-13-16-19-22-25-27-29-30-31-32-33-34-35-36-37-38-39-40-41-42-43-44-45-47-48-51-54-57-60-63-66-69-75(78)81-72-73(71-80-74(77)68-65-62-59-56-53-50-24-21-18-15-12-9-6-3)82-76(79)70-67-64-61-58-55-52-49-46-28-26-23-20-17-14-11-8-5-2/h8-9,11-12,17-18,20-21,26,28,49-50,52-53,73H,4-7,10,13-16,19,22-25,27,29-48,51,54-72H2,1-3H3/b11-8-,12-9-,20-17-,21-18-,28-26-,52-49-,53-50-. The van der Waals surface area contributed by atoms with Crippen LogP contribution in [-0.2, 0) is 28.6 Å². The average molecular weight is 1140 g/mol. The molecule has 0 bridgehead atoms. The number of carbonyl (C=O) groups excluding carboxylic acids is 3. The SMILES string of the molecule is CC/C=C\C/C=C\C/C=C\C/C=C\CCCCCCC(=O)OC(COC(=O)CCCCC/C=C\C/C=C\C/C=C\CC)COC(=O)CCCCCCCCCCCCCCCCCCCCCCCCCCCCCCCCCCCC. The van der Waals surface area contributed by atoms with Crippen LogP contribution in [-0.4, -0.2) is 37.2 Å². The molecule has 474 valence electrons. The molecule has 0 radical (unpaired) electrons. The molecule has 6 nitrogen and oxygen atoms in total. The highest BCUT2D eigenvalue weighted by Gasteiger charge is 2.19. The lowest BCUT2D eigenvalue weighted by atomic mass is 10.0. The van der Waals surface area contributed by atoms with Gasteiger partial charge < -0.3 is 14.2 Å². The second kappa shape index (κ2) is 70.1. The van der Waals surface area contributed by atoms with Gasteiger partial charge in [0.25, 0.3) is 0 Å². The Balaban J connectivity index is 4.13. The zero-order chi connectivity index (χ0) is 59.2. The van der Waals surface area contributed by atoms with Gasteiger partial charge in [0.05, 0.1) is 0 Å². The number of carbonyl (C=O) groups is 3. The van der Waals surface area contributed by atoms with E-state index in [1.807, 2.05) is 0 Å². The van der Waals surface area contributed by atoms with Crippen molar-refractivity contribution in [3.8, 4) is 0 Å². The summed E-state index contributed by atoms with van der Waals surface area (Å²) in [6.07, 6.45) is 93.6. The molecule has 0 aliphatic carbocycles. The topological polar surface area (TPSA) is 78.9 Å². The number of ether oxygens (including phenoxy) is 3. The summed E-state index contributed by atoms with van der Waals surface area (Å²) in [5, 5.41) is 0. The highest BCUT2D eigenvalue weighted by Crippen LogP contribution is 2.18. The third-order valence-electron chi connectivity index (χ3n) is 15.6. The third kappa shape index (κ3) is 67.4. The second-order valence-corrected chi connectivity index (χ2v) is 23.7. The van der Waals surface area contributed by atoms with E-state index in [2.05, 4.69) is 106 Å². The van der Waals surface area contributed by atoms with Gasteiger partial charge in [0.1, 0.15) is 13.2 Å². The van der Waals surface area contributed by atoms with Gasteiger partial charge in [-0.05, 0) is 89.9 Å². The van der Waals surface area contributed by atoms with E-state index in [9.17, 15) is 14.4 Å². The van der Waals surface area contributed by atoms with Crippen molar-refractivity contribution < 1.29 is 28.6 Å². The molecule has 0 aromatic carbocycles. The van der Waals surface area contributed by atoms with Crippen molar-refractivity contribution in [3.05, 3.63) is 85.1 Å². The highest BCUT2D eigenvalue weighted by atomic mass is 16.6. The van der Waals surface area contributed by atoms with Crippen molar-refractivity contribution in [2.75, 3.05) is 13.2 Å². The number of hydrogen-bond donors (Lipinski definition) is 0. The molecule has 0 saturated carbocycles. The Morgan fingerprint density at radius 2 is 0.476 bits per heavy atom. The Labute approximate surface area is 509 Å². The van der Waals surface area contributed by atoms with E-state index < -0.39 is 6.10 Å². The zero-order valence-corrected chi connectivity index (χ0v) is 54.5. The highest BCUT2D eigenvalue weighted by molar-refractivity contribution is 5.71. The lowest BCUT2D eigenvalue weighted by Crippen LogP contribution is -2.30. The smallest absolute Gasteiger partial charge is 0.306 e. The molecular weight excluding hydrogens is 1010 g/mol. The number of esters is 3. The van der Waals surface area contributed by atoms with Crippen molar-refractivity contribution >= 4 is 17.9 Å². The number of hydrogen-bond acceptors (Lipinski definition) is 6. The molecule has 0 spiro atoms. The zero-order valence-electron chi connectivity index (χ0n) is 54.5. The molecule has 6 heteroatoms. The van der Waals surface area contributed by atoms with Crippen molar-refractivity contribution in [1.82, 2.24) is 0 Å². The molecule has 1 atom stereocenters. The summed E-state index contributed by atoms with van der Waals surface area (Å²) in [5.74, 6) is -0.935. The van der Waals surface area contributed by atoms with Crippen LogP contribution in [0.3, 0.4) is 0 Å². The predicted molar refractivity (Wildman–Crippen MR) is 358 cm³/mol. The van der Waals surface area contributed by atoms with Crippen LogP contribution in [0.25, 0.3) is 0 Å². The molecule has 0 aromatic heterocycles. The summed E-state index contributed by atoms with van der Waals surface area (Å²) in [4.78, 5) is 38.3. The monoisotopic (exact) mass is 1140 g/mol. The molecule has 0 N–H and O–H groups in total. The Kier molecular flexibility index (Phi) is 67.2. The summed E-state index contributed by atoms with van der Waals surface area (Å²) in [6.45, 7) is 6.41. The van der Waals surface area contributed by atoms with Crippen molar-refractivity contribution in [2.45, 2.75) is 367 Å². The van der Waals surface area contributed by atoms with Crippen LogP contribution in [0, 0.1) is 0 Å². The van der Waals surface area contributed by atoms with Crippen LogP contribution < -0.4 is 0 Å². The summed E-state index contributed by atoms with van der Waals surface area (Å²) in [7, 11) is 0. The fourth-order valence-corrected chi connectivity index (χ4v) is 10.4.